The largest absolute Gasteiger partial charge is 0.385 e. The fourth-order valence-corrected chi connectivity index (χ4v) is 2.45. The summed E-state index contributed by atoms with van der Waals surface area (Å²) in [5.41, 5.74) is 3.01. The summed E-state index contributed by atoms with van der Waals surface area (Å²) >= 11 is 0. The maximum Gasteiger partial charge on any atom is 0.255 e. The van der Waals surface area contributed by atoms with Crippen molar-refractivity contribution in [3.8, 4) is 0 Å². The Morgan fingerprint density at radius 1 is 0.923 bits per heavy atom. The van der Waals surface area contributed by atoms with E-state index in [0.717, 1.165) is 6.42 Å². The molecule has 2 rings (SSSR count). The average Bonchev–Trinajstić information content (AvgIpc) is 2.65. The topological polar surface area (TPSA) is 67.4 Å². The number of nitrogens with one attached hydrogen (secondary N) is 2. The van der Waals surface area contributed by atoms with Gasteiger partial charge in [-0.25, -0.2) is 0 Å². The number of hydrogen-bond acceptors (Lipinski definition) is 3. The first-order valence-electron chi connectivity index (χ1n) is 8.79. The lowest BCUT2D eigenvalue weighted by atomic mass is 10.0. The van der Waals surface area contributed by atoms with Crippen molar-refractivity contribution in [3.63, 3.8) is 0 Å². The minimum Gasteiger partial charge on any atom is -0.385 e. The number of ether oxygens (including phenoxy) is 1. The molecule has 0 aliphatic rings. The number of hydrogen-bond donors (Lipinski definition) is 2. The summed E-state index contributed by atoms with van der Waals surface area (Å²) in [5, 5.41) is 5.67. The van der Waals surface area contributed by atoms with E-state index in [9.17, 15) is 9.59 Å². The SMILES string of the molecule is COCCCNC(=O)c1ccc(NC(=O)c2ccc(C(C)C)cc2)cc1. The molecule has 0 aliphatic carbocycles. The molecule has 138 valence electrons. The van der Waals surface area contributed by atoms with Crippen LogP contribution in [0.2, 0.25) is 0 Å². The lowest BCUT2D eigenvalue weighted by Crippen LogP contribution is -2.25. The molecule has 26 heavy (non-hydrogen) atoms. The van der Waals surface area contributed by atoms with E-state index in [-0.39, 0.29) is 11.8 Å². The van der Waals surface area contributed by atoms with Crippen molar-refractivity contribution in [1.82, 2.24) is 5.32 Å². The Kier molecular flexibility index (Phi) is 7.36. The molecule has 0 spiro atoms. The Bertz CT molecular complexity index is 722. The minimum absolute atomic E-state index is 0.136. The molecule has 2 aromatic carbocycles. The van der Waals surface area contributed by atoms with E-state index in [4.69, 9.17) is 4.74 Å². The van der Waals surface area contributed by atoms with Gasteiger partial charge in [-0.15, -0.1) is 0 Å². The first-order chi connectivity index (χ1) is 12.5. The molecule has 0 heterocycles. The van der Waals surface area contributed by atoms with Crippen molar-refractivity contribution in [2.45, 2.75) is 26.2 Å². The van der Waals surface area contributed by atoms with Gasteiger partial charge in [-0.05, 0) is 54.3 Å². The fraction of sp³-hybridized carbons (Fsp3) is 0.333. The van der Waals surface area contributed by atoms with Gasteiger partial charge in [0.25, 0.3) is 11.8 Å². The van der Waals surface area contributed by atoms with Crippen LogP contribution in [0.5, 0.6) is 0 Å². The van der Waals surface area contributed by atoms with Gasteiger partial charge in [0.1, 0.15) is 0 Å². The second kappa shape index (κ2) is 9.73. The predicted molar refractivity (Wildman–Crippen MR) is 104 cm³/mol. The van der Waals surface area contributed by atoms with Crippen molar-refractivity contribution in [2.24, 2.45) is 0 Å². The third-order valence-electron chi connectivity index (χ3n) is 4.06. The van der Waals surface area contributed by atoms with Gasteiger partial charge < -0.3 is 15.4 Å². The highest BCUT2D eigenvalue weighted by atomic mass is 16.5. The maximum atomic E-state index is 12.3. The van der Waals surface area contributed by atoms with Crippen LogP contribution in [0.3, 0.4) is 0 Å². The van der Waals surface area contributed by atoms with Gasteiger partial charge in [0, 0.05) is 37.1 Å². The highest BCUT2D eigenvalue weighted by molar-refractivity contribution is 6.04. The summed E-state index contributed by atoms with van der Waals surface area (Å²) in [5.74, 6) is 0.126. The first kappa shape index (κ1) is 19.7. The first-order valence-corrected chi connectivity index (χ1v) is 8.79. The van der Waals surface area contributed by atoms with Crippen LogP contribution in [0.15, 0.2) is 48.5 Å². The van der Waals surface area contributed by atoms with Gasteiger partial charge in [-0.3, -0.25) is 9.59 Å². The molecular weight excluding hydrogens is 328 g/mol. The zero-order valence-electron chi connectivity index (χ0n) is 15.5. The third-order valence-corrected chi connectivity index (χ3v) is 4.06. The molecule has 0 fully saturated rings. The van der Waals surface area contributed by atoms with Gasteiger partial charge in [0.15, 0.2) is 0 Å². The standard InChI is InChI=1S/C21H26N2O3/c1-15(2)16-5-7-18(8-6-16)21(25)23-19-11-9-17(10-12-19)20(24)22-13-4-14-26-3/h5-12,15H,4,13-14H2,1-3H3,(H,22,24)(H,23,25). The van der Waals surface area contributed by atoms with E-state index in [1.54, 1.807) is 31.4 Å². The van der Waals surface area contributed by atoms with Crippen molar-refractivity contribution in [2.75, 3.05) is 25.6 Å². The highest BCUT2D eigenvalue weighted by Crippen LogP contribution is 2.16. The smallest absolute Gasteiger partial charge is 0.255 e. The average molecular weight is 354 g/mol. The third kappa shape index (κ3) is 5.70. The van der Waals surface area contributed by atoms with Crippen LogP contribution >= 0.6 is 0 Å². The molecule has 0 saturated heterocycles. The quantitative estimate of drug-likeness (QED) is 0.708. The summed E-state index contributed by atoms with van der Waals surface area (Å²) in [6.07, 6.45) is 0.770. The molecule has 0 saturated carbocycles. The second-order valence-electron chi connectivity index (χ2n) is 6.41. The number of anilines is 1. The van der Waals surface area contributed by atoms with Crippen molar-refractivity contribution >= 4 is 17.5 Å². The van der Waals surface area contributed by atoms with Crippen LogP contribution in [-0.4, -0.2) is 32.1 Å². The van der Waals surface area contributed by atoms with Crippen LogP contribution in [0.1, 0.15) is 52.5 Å². The highest BCUT2D eigenvalue weighted by Gasteiger charge is 2.09. The normalized spacial score (nSPS) is 10.6. The Hall–Kier alpha value is -2.66. The molecule has 0 aliphatic heterocycles. The summed E-state index contributed by atoms with van der Waals surface area (Å²) in [4.78, 5) is 24.3. The summed E-state index contributed by atoms with van der Waals surface area (Å²) in [7, 11) is 1.63. The summed E-state index contributed by atoms with van der Waals surface area (Å²) in [6, 6.07) is 14.4. The molecule has 5 heteroatoms. The maximum absolute atomic E-state index is 12.3. The van der Waals surface area contributed by atoms with Gasteiger partial charge in [0.2, 0.25) is 0 Å². The van der Waals surface area contributed by atoms with Crippen LogP contribution in [0, 0.1) is 0 Å². The molecule has 2 amide bonds. The van der Waals surface area contributed by atoms with E-state index in [0.29, 0.717) is 35.9 Å². The summed E-state index contributed by atoms with van der Waals surface area (Å²) < 4.78 is 4.95. The molecule has 0 bridgehead atoms. The number of carbonyl (C=O) groups is 2. The zero-order valence-corrected chi connectivity index (χ0v) is 15.5. The Labute approximate surface area is 154 Å². The number of methoxy groups -OCH3 is 1. The van der Waals surface area contributed by atoms with Crippen LogP contribution in [-0.2, 0) is 4.74 Å². The van der Waals surface area contributed by atoms with Crippen molar-refractivity contribution in [3.05, 3.63) is 65.2 Å². The van der Waals surface area contributed by atoms with E-state index >= 15 is 0 Å². The molecular formula is C21H26N2O3. The van der Waals surface area contributed by atoms with Crippen LogP contribution in [0.4, 0.5) is 5.69 Å². The Morgan fingerprint density at radius 2 is 1.50 bits per heavy atom. The van der Waals surface area contributed by atoms with Crippen molar-refractivity contribution < 1.29 is 14.3 Å². The van der Waals surface area contributed by atoms with Crippen LogP contribution < -0.4 is 10.6 Å². The van der Waals surface area contributed by atoms with E-state index in [1.165, 1.54) is 5.56 Å². The van der Waals surface area contributed by atoms with Gasteiger partial charge in [-0.1, -0.05) is 26.0 Å². The van der Waals surface area contributed by atoms with Crippen LogP contribution in [0.25, 0.3) is 0 Å². The Balaban J connectivity index is 1.91. The second-order valence-corrected chi connectivity index (χ2v) is 6.41. The number of amides is 2. The number of rotatable bonds is 8. The number of carbonyl (C=O) groups excluding carboxylic acids is 2. The van der Waals surface area contributed by atoms with E-state index in [1.807, 2.05) is 24.3 Å². The van der Waals surface area contributed by atoms with Gasteiger partial charge >= 0.3 is 0 Å². The monoisotopic (exact) mass is 354 g/mol. The lowest BCUT2D eigenvalue weighted by molar-refractivity contribution is 0.0948. The molecule has 2 N–H and O–H groups in total. The lowest BCUT2D eigenvalue weighted by Gasteiger charge is -2.09. The molecule has 0 aromatic heterocycles. The molecule has 0 unspecified atom stereocenters. The van der Waals surface area contributed by atoms with Crippen molar-refractivity contribution in [1.29, 1.82) is 0 Å². The molecule has 5 nitrogen and oxygen atoms in total. The molecule has 0 atom stereocenters. The fourth-order valence-electron chi connectivity index (χ4n) is 2.45. The predicted octanol–water partition coefficient (Wildman–Crippen LogP) is 3.83. The van der Waals surface area contributed by atoms with E-state index in [2.05, 4.69) is 24.5 Å². The van der Waals surface area contributed by atoms with E-state index < -0.39 is 0 Å². The Morgan fingerprint density at radius 3 is 2.08 bits per heavy atom. The summed E-state index contributed by atoms with van der Waals surface area (Å²) in [6.45, 7) is 5.41. The number of benzene rings is 2. The molecule has 0 radical (unpaired) electrons. The van der Waals surface area contributed by atoms with Gasteiger partial charge in [-0.2, -0.15) is 0 Å². The molecule has 2 aromatic rings. The van der Waals surface area contributed by atoms with Gasteiger partial charge in [0.05, 0.1) is 0 Å². The zero-order chi connectivity index (χ0) is 18.9. The minimum atomic E-state index is -0.169.